The van der Waals surface area contributed by atoms with Gasteiger partial charge in [0, 0.05) is 0 Å². The smallest absolute Gasteiger partial charge is 0.123 e. The first-order valence-corrected chi connectivity index (χ1v) is 6.42. The number of aryl methyl sites for hydroxylation is 4. The highest BCUT2D eigenvalue weighted by Gasteiger charge is 2.17. The summed E-state index contributed by atoms with van der Waals surface area (Å²) in [6.45, 7) is 7.86. The molecule has 0 bridgehead atoms. The van der Waals surface area contributed by atoms with E-state index in [4.69, 9.17) is 0 Å². The summed E-state index contributed by atoms with van der Waals surface area (Å²) in [5.74, 6) is -0.272. The van der Waals surface area contributed by atoms with Gasteiger partial charge in [-0.15, -0.1) is 0 Å². The Morgan fingerprint density at radius 3 is 2.00 bits per heavy atom. The van der Waals surface area contributed by atoms with Gasteiger partial charge in [0.05, 0.1) is 0 Å². The summed E-state index contributed by atoms with van der Waals surface area (Å²) >= 11 is 0. The predicted molar refractivity (Wildman–Crippen MR) is 75.9 cm³/mol. The highest BCUT2D eigenvalue weighted by Crippen LogP contribution is 2.30. The summed E-state index contributed by atoms with van der Waals surface area (Å²) in [7, 11) is 0. The maximum atomic E-state index is 13.1. The Kier molecular flexibility index (Phi) is 3.72. The van der Waals surface area contributed by atoms with Crippen molar-refractivity contribution in [3.63, 3.8) is 0 Å². The van der Waals surface area contributed by atoms with E-state index in [1.807, 2.05) is 27.7 Å². The molecule has 0 spiro atoms. The van der Waals surface area contributed by atoms with E-state index in [9.17, 15) is 9.50 Å². The van der Waals surface area contributed by atoms with Gasteiger partial charge in [0.15, 0.2) is 0 Å². The molecule has 2 heteroatoms. The Morgan fingerprint density at radius 1 is 0.895 bits per heavy atom. The van der Waals surface area contributed by atoms with E-state index in [2.05, 4.69) is 12.1 Å². The molecule has 0 amide bonds. The molecule has 0 fully saturated rings. The molecule has 1 nitrogen and oxygen atoms in total. The molecule has 0 aromatic heterocycles. The maximum absolute atomic E-state index is 13.1. The minimum absolute atomic E-state index is 0.272. The number of hydrogen-bond acceptors (Lipinski definition) is 1. The van der Waals surface area contributed by atoms with Crippen molar-refractivity contribution in [2.45, 2.75) is 33.8 Å². The average Bonchev–Trinajstić information content (AvgIpc) is 2.26. The van der Waals surface area contributed by atoms with Gasteiger partial charge in [-0.1, -0.05) is 23.8 Å². The van der Waals surface area contributed by atoms with Crippen molar-refractivity contribution in [1.29, 1.82) is 0 Å². The molecule has 0 aliphatic rings. The Hall–Kier alpha value is -1.67. The van der Waals surface area contributed by atoms with E-state index < -0.39 is 6.10 Å². The highest BCUT2D eigenvalue weighted by molar-refractivity contribution is 5.44. The van der Waals surface area contributed by atoms with Gasteiger partial charge in [-0.3, -0.25) is 0 Å². The molecule has 19 heavy (non-hydrogen) atoms. The lowest BCUT2D eigenvalue weighted by molar-refractivity contribution is 0.218. The Bertz CT molecular complexity index is 594. The van der Waals surface area contributed by atoms with Crippen LogP contribution in [0.15, 0.2) is 30.3 Å². The molecule has 0 radical (unpaired) electrons. The van der Waals surface area contributed by atoms with Crippen molar-refractivity contribution in [2.24, 2.45) is 0 Å². The Morgan fingerprint density at radius 2 is 1.47 bits per heavy atom. The molecule has 0 saturated heterocycles. The molecule has 0 heterocycles. The molecular formula is C17H19FO. The van der Waals surface area contributed by atoms with Crippen molar-refractivity contribution < 1.29 is 9.50 Å². The van der Waals surface area contributed by atoms with Crippen LogP contribution >= 0.6 is 0 Å². The normalized spacial score (nSPS) is 12.5. The molecular weight excluding hydrogens is 239 g/mol. The number of benzene rings is 2. The van der Waals surface area contributed by atoms with Gasteiger partial charge in [-0.05, 0) is 67.6 Å². The lowest BCUT2D eigenvalue weighted by atomic mass is 9.90. The zero-order valence-electron chi connectivity index (χ0n) is 11.8. The standard InChI is InChI=1S/C17H19FO/c1-10-7-12(3)16(13(4)8-10)17(19)15-6-5-14(18)9-11(15)2/h5-9,17,19H,1-4H3. The first-order valence-electron chi connectivity index (χ1n) is 6.42. The SMILES string of the molecule is Cc1cc(C)c(C(O)c2ccc(F)cc2C)c(C)c1. The first-order chi connectivity index (χ1) is 8.90. The monoisotopic (exact) mass is 258 g/mol. The van der Waals surface area contributed by atoms with Gasteiger partial charge >= 0.3 is 0 Å². The van der Waals surface area contributed by atoms with Gasteiger partial charge in [-0.2, -0.15) is 0 Å². The second-order valence-electron chi connectivity index (χ2n) is 5.22. The van der Waals surface area contributed by atoms with E-state index >= 15 is 0 Å². The molecule has 2 rings (SSSR count). The summed E-state index contributed by atoms with van der Waals surface area (Å²) in [5.41, 5.74) is 5.76. The molecule has 1 unspecified atom stereocenters. The second-order valence-corrected chi connectivity index (χ2v) is 5.22. The quantitative estimate of drug-likeness (QED) is 0.858. The van der Waals surface area contributed by atoms with Crippen molar-refractivity contribution in [3.8, 4) is 0 Å². The predicted octanol–water partition coefficient (Wildman–Crippen LogP) is 4.14. The van der Waals surface area contributed by atoms with E-state index in [-0.39, 0.29) is 5.82 Å². The largest absolute Gasteiger partial charge is 0.384 e. The summed E-state index contributed by atoms with van der Waals surface area (Å²) in [5, 5.41) is 10.6. The molecule has 0 aliphatic heterocycles. The molecule has 0 saturated carbocycles. The fourth-order valence-corrected chi connectivity index (χ4v) is 2.72. The average molecular weight is 258 g/mol. The van der Waals surface area contributed by atoms with Gasteiger partial charge in [0.25, 0.3) is 0 Å². The molecule has 0 aliphatic carbocycles. The molecule has 2 aromatic rings. The third kappa shape index (κ3) is 2.69. The van der Waals surface area contributed by atoms with Crippen LogP contribution in [0.2, 0.25) is 0 Å². The number of hydrogen-bond donors (Lipinski definition) is 1. The van der Waals surface area contributed by atoms with Crippen LogP contribution in [0.3, 0.4) is 0 Å². The summed E-state index contributed by atoms with van der Waals surface area (Å²) in [4.78, 5) is 0. The molecule has 100 valence electrons. The van der Waals surface area contributed by atoms with Crippen molar-refractivity contribution in [2.75, 3.05) is 0 Å². The minimum atomic E-state index is -0.707. The number of aliphatic hydroxyl groups excluding tert-OH is 1. The van der Waals surface area contributed by atoms with E-state index in [0.717, 1.165) is 27.8 Å². The number of rotatable bonds is 2. The molecule has 1 atom stereocenters. The number of halogens is 1. The lowest BCUT2D eigenvalue weighted by Crippen LogP contribution is -2.07. The van der Waals surface area contributed by atoms with Gasteiger partial charge in [0.2, 0.25) is 0 Å². The van der Waals surface area contributed by atoms with E-state index in [1.54, 1.807) is 6.07 Å². The first kappa shape index (κ1) is 13.8. The zero-order valence-corrected chi connectivity index (χ0v) is 11.8. The summed E-state index contributed by atoms with van der Waals surface area (Å²) in [6.07, 6.45) is -0.707. The molecule has 1 N–H and O–H groups in total. The van der Waals surface area contributed by atoms with Crippen molar-refractivity contribution in [1.82, 2.24) is 0 Å². The topological polar surface area (TPSA) is 20.2 Å². The lowest BCUT2D eigenvalue weighted by Gasteiger charge is -2.19. The third-order valence-electron chi connectivity index (χ3n) is 3.54. The summed E-state index contributed by atoms with van der Waals surface area (Å²) in [6, 6.07) is 8.63. The van der Waals surface area contributed by atoms with Gasteiger partial charge < -0.3 is 5.11 Å². The van der Waals surface area contributed by atoms with Gasteiger partial charge in [-0.25, -0.2) is 4.39 Å². The van der Waals surface area contributed by atoms with Crippen LogP contribution in [0.1, 0.15) is 39.5 Å². The third-order valence-corrected chi connectivity index (χ3v) is 3.54. The van der Waals surface area contributed by atoms with Crippen LogP contribution in [0.25, 0.3) is 0 Å². The minimum Gasteiger partial charge on any atom is -0.384 e. The van der Waals surface area contributed by atoms with Crippen LogP contribution in [0, 0.1) is 33.5 Å². The van der Waals surface area contributed by atoms with Crippen molar-refractivity contribution in [3.05, 3.63) is 69.5 Å². The van der Waals surface area contributed by atoms with Crippen LogP contribution in [-0.4, -0.2) is 5.11 Å². The van der Waals surface area contributed by atoms with Gasteiger partial charge in [0.1, 0.15) is 11.9 Å². The van der Waals surface area contributed by atoms with Crippen LogP contribution in [-0.2, 0) is 0 Å². The van der Waals surface area contributed by atoms with Crippen LogP contribution < -0.4 is 0 Å². The highest BCUT2D eigenvalue weighted by atomic mass is 19.1. The second kappa shape index (κ2) is 5.14. The molecule has 2 aromatic carbocycles. The van der Waals surface area contributed by atoms with Crippen LogP contribution in [0.5, 0.6) is 0 Å². The summed E-state index contributed by atoms with van der Waals surface area (Å²) < 4.78 is 13.1. The maximum Gasteiger partial charge on any atom is 0.123 e. The zero-order chi connectivity index (χ0) is 14.2. The Labute approximate surface area is 113 Å². The van der Waals surface area contributed by atoms with Crippen LogP contribution in [0.4, 0.5) is 4.39 Å². The fraction of sp³-hybridized carbons (Fsp3) is 0.294. The van der Waals surface area contributed by atoms with E-state index in [0.29, 0.717) is 0 Å². The fourth-order valence-electron chi connectivity index (χ4n) is 2.72. The Balaban J connectivity index is 2.53. The van der Waals surface area contributed by atoms with E-state index in [1.165, 1.54) is 17.7 Å². The van der Waals surface area contributed by atoms with Crippen molar-refractivity contribution >= 4 is 0 Å². The number of aliphatic hydroxyl groups is 1.